The molecule has 0 aromatic carbocycles. The highest BCUT2D eigenvalue weighted by molar-refractivity contribution is 5.94. The lowest BCUT2D eigenvalue weighted by Crippen LogP contribution is -2.30. The van der Waals surface area contributed by atoms with Gasteiger partial charge in [0.15, 0.2) is 0 Å². The van der Waals surface area contributed by atoms with Crippen molar-refractivity contribution in [3.63, 3.8) is 0 Å². The van der Waals surface area contributed by atoms with Gasteiger partial charge >= 0.3 is 0 Å². The Hall–Kier alpha value is -2.63. The van der Waals surface area contributed by atoms with Gasteiger partial charge in [-0.05, 0) is 24.4 Å². The van der Waals surface area contributed by atoms with E-state index in [1.54, 1.807) is 24.5 Å². The molecule has 6 nitrogen and oxygen atoms in total. The zero-order valence-electron chi connectivity index (χ0n) is 9.59. The summed E-state index contributed by atoms with van der Waals surface area (Å²) >= 11 is 0. The molecule has 0 saturated heterocycles. The van der Waals surface area contributed by atoms with Gasteiger partial charge in [-0.1, -0.05) is 6.58 Å². The number of hydrogen-bond acceptors (Lipinski definition) is 3. The summed E-state index contributed by atoms with van der Waals surface area (Å²) in [7, 11) is 0. The predicted molar refractivity (Wildman–Crippen MR) is 66.1 cm³/mol. The molecule has 2 rings (SSSR count). The normalized spacial score (nSPS) is 10.0. The first-order chi connectivity index (χ1) is 8.72. The van der Waals surface area contributed by atoms with E-state index in [0.717, 1.165) is 5.69 Å². The quantitative estimate of drug-likeness (QED) is 0.821. The summed E-state index contributed by atoms with van der Waals surface area (Å²) in [6, 6.07) is 4.89. The molecule has 0 spiro atoms. The van der Waals surface area contributed by atoms with E-state index >= 15 is 0 Å². The van der Waals surface area contributed by atoms with Crippen LogP contribution in [-0.4, -0.2) is 20.7 Å². The van der Waals surface area contributed by atoms with E-state index < -0.39 is 5.91 Å². The highest BCUT2D eigenvalue weighted by Gasteiger charge is 2.11. The highest BCUT2D eigenvalue weighted by atomic mass is 16.2. The van der Waals surface area contributed by atoms with Crippen molar-refractivity contribution in [2.45, 2.75) is 6.54 Å². The lowest BCUT2D eigenvalue weighted by Gasteiger charge is -2.05. The molecule has 0 saturated carbocycles. The van der Waals surface area contributed by atoms with E-state index in [-0.39, 0.29) is 11.1 Å². The van der Waals surface area contributed by atoms with E-state index in [1.807, 2.05) is 0 Å². The van der Waals surface area contributed by atoms with E-state index in [0.29, 0.717) is 6.54 Å². The number of aromatic nitrogens is 3. The number of amides is 1. The van der Waals surface area contributed by atoms with Crippen molar-refractivity contribution in [1.82, 2.24) is 20.1 Å². The highest BCUT2D eigenvalue weighted by Crippen LogP contribution is 1.97. The van der Waals surface area contributed by atoms with Crippen LogP contribution in [0.15, 0.2) is 48.2 Å². The zero-order chi connectivity index (χ0) is 13.0. The van der Waals surface area contributed by atoms with Crippen LogP contribution in [-0.2, 0) is 6.54 Å². The summed E-state index contributed by atoms with van der Waals surface area (Å²) in [5, 5.41) is 9.01. The predicted octanol–water partition coefficient (Wildman–Crippen LogP) is 0.493. The number of carbonyl (C=O) groups is 1. The number of nitrogens with zero attached hydrogens (tertiary/aromatic N) is 2. The minimum Gasteiger partial charge on any atom is -0.329 e. The molecule has 2 aromatic heterocycles. The fourth-order valence-corrected chi connectivity index (χ4v) is 1.56. The fourth-order valence-electron chi connectivity index (χ4n) is 1.56. The van der Waals surface area contributed by atoms with Crippen LogP contribution in [0.1, 0.15) is 16.1 Å². The zero-order valence-corrected chi connectivity index (χ0v) is 9.59. The number of H-pyrrole nitrogens is 1. The maximum absolute atomic E-state index is 12.0. The Bertz CT molecular complexity index is 613. The molecule has 18 heavy (non-hydrogen) atoms. The van der Waals surface area contributed by atoms with E-state index in [9.17, 15) is 9.59 Å². The number of hydrogen-bond donors (Lipinski definition) is 2. The Labute approximate surface area is 103 Å². The van der Waals surface area contributed by atoms with Crippen LogP contribution in [0.2, 0.25) is 0 Å². The van der Waals surface area contributed by atoms with Gasteiger partial charge in [-0.3, -0.25) is 14.7 Å². The van der Waals surface area contributed by atoms with Crippen LogP contribution in [0.3, 0.4) is 0 Å². The van der Waals surface area contributed by atoms with Gasteiger partial charge in [0.2, 0.25) is 0 Å². The van der Waals surface area contributed by atoms with Gasteiger partial charge in [-0.15, -0.1) is 0 Å². The third-order valence-corrected chi connectivity index (χ3v) is 2.39. The van der Waals surface area contributed by atoms with Crippen LogP contribution in [0.4, 0.5) is 0 Å². The van der Waals surface area contributed by atoms with Gasteiger partial charge in [-0.25, -0.2) is 0 Å². The summed E-state index contributed by atoms with van der Waals surface area (Å²) in [5.74, 6) is -0.466. The second kappa shape index (κ2) is 5.13. The van der Waals surface area contributed by atoms with Crippen molar-refractivity contribution in [2.75, 3.05) is 0 Å². The van der Waals surface area contributed by atoms with Crippen LogP contribution < -0.4 is 10.9 Å². The smallest absolute Gasteiger partial charge is 0.263 e. The fraction of sp³-hybridized carbons (Fsp3) is 0.0833. The average molecular weight is 244 g/mol. The molecule has 0 aliphatic carbocycles. The Morgan fingerprint density at radius 3 is 3.06 bits per heavy atom. The molecule has 1 amide bonds. The second-order valence-corrected chi connectivity index (χ2v) is 3.60. The van der Waals surface area contributed by atoms with Crippen molar-refractivity contribution in [1.29, 1.82) is 0 Å². The first kappa shape index (κ1) is 11.8. The number of aromatic amines is 1. The standard InChI is InChI=1S/C12H12N4O2/c1-2-13-11(17)10-4-3-7-16(12(10)18)8-9-5-6-14-15-9/h2-7H,1,8H2,(H,13,17)(H,14,15). The van der Waals surface area contributed by atoms with Gasteiger partial charge in [0.05, 0.1) is 12.2 Å². The molecule has 0 atom stereocenters. The third-order valence-electron chi connectivity index (χ3n) is 2.39. The average Bonchev–Trinajstić information content (AvgIpc) is 2.85. The van der Waals surface area contributed by atoms with Gasteiger partial charge in [0.1, 0.15) is 5.56 Å². The van der Waals surface area contributed by atoms with Crippen molar-refractivity contribution in [3.8, 4) is 0 Å². The van der Waals surface area contributed by atoms with Crippen molar-refractivity contribution < 1.29 is 4.79 Å². The largest absolute Gasteiger partial charge is 0.329 e. The molecule has 92 valence electrons. The Morgan fingerprint density at radius 1 is 1.56 bits per heavy atom. The summed E-state index contributed by atoms with van der Waals surface area (Å²) in [5.41, 5.74) is 0.436. The minimum atomic E-state index is -0.466. The molecule has 0 bridgehead atoms. The summed E-state index contributed by atoms with van der Waals surface area (Å²) in [4.78, 5) is 23.6. The molecule has 0 radical (unpaired) electrons. The number of rotatable bonds is 4. The summed E-state index contributed by atoms with van der Waals surface area (Å²) < 4.78 is 1.42. The molecule has 2 heterocycles. The molecule has 0 fully saturated rings. The van der Waals surface area contributed by atoms with Crippen LogP contribution >= 0.6 is 0 Å². The topological polar surface area (TPSA) is 79.8 Å². The molecule has 0 aliphatic heterocycles. The van der Waals surface area contributed by atoms with Crippen molar-refractivity contribution in [2.24, 2.45) is 0 Å². The number of pyridine rings is 1. The van der Waals surface area contributed by atoms with Crippen molar-refractivity contribution in [3.05, 3.63) is 65.0 Å². The molecule has 6 heteroatoms. The third kappa shape index (κ3) is 2.37. The Balaban J connectivity index is 2.33. The van der Waals surface area contributed by atoms with E-state index in [1.165, 1.54) is 16.8 Å². The van der Waals surface area contributed by atoms with Crippen LogP contribution in [0, 0.1) is 0 Å². The molecular formula is C12H12N4O2. The van der Waals surface area contributed by atoms with Gasteiger partial charge in [-0.2, -0.15) is 5.10 Å². The van der Waals surface area contributed by atoms with Crippen LogP contribution in [0.25, 0.3) is 0 Å². The molecule has 0 aliphatic rings. The lowest BCUT2D eigenvalue weighted by molar-refractivity contribution is 0.0968. The van der Waals surface area contributed by atoms with E-state index in [4.69, 9.17) is 0 Å². The SMILES string of the molecule is C=CNC(=O)c1cccn(Cc2cc[nH]n2)c1=O. The second-order valence-electron chi connectivity index (χ2n) is 3.60. The van der Waals surface area contributed by atoms with Gasteiger partial charge < -0.3 is 9.88 Å². The Kier molecular flexibility index (Phi) is 3.38. The van der Waals surface area contributed by atoms with Gasteiger partial charge in [0.25, 0.3) is 11.5 Å². The number of carbonyl (C=O) groups excluding carboxylic acids is 1. The maximum atomic E-state index is 12.0. The van der Waals surface area contributed by atoms with Crippen molar-refractivity contribution >= 4 is 5.91 Å². The molecular weight excluding hydrogens is 232 g/mol. The monoisotopic (exact) mass is 244 g/mol. The summed E-state index contributed by atoms with van der Waals surface area (Å²) in [6.45, 7) is 3.70. The minimum absolute atomic E-state index is 0.0768. The van der Waals surface area contributed by atoms with E-state index in [2.05, 4.69) is 22.1 Å². The summed E-state index contributed by atoms with van der Waals surface area (Å²) in [6.07, 6.45) is 4.53. The van der Waals surface area contributed by atoms with Gasteiger partial charge in [0, 0.05) is 12.4 Å². The van der Waals surface area contributed by atoms with Crippen LogP contribution in [0.5, 0.6) is 0 Å². The first-order valence-corrected chi connectivity index (χ1v) is 5.32. The lowest BCUT2D eigenvalue weighted by atomic mass is 10.2. The molecule has 2 aromatic rings. The number of nitrogens with one attached hydrogen (secondary N) is 2. The molecule has 2 N–H and O–H groups in total. The Morgan fingerprint density at radius 2 is 2.39 bits per heavy atom. The first-order valence-electron chi connectivity index (χ1n) is 5.32. The molecule has 0 unspecified atom stereocenters. The maximum Gasteiger partial charge on any atom is 0.263 e.